The number of hydrogen-bond acceptors (Lipinski definition) is 2. The van der Waals surface area contributed by atoms with Gasteiger partial charge in [-0.15, -0.1) is 0 Å². The van der Waals surface area contributed by atoms with Crippen LogP contribution in [0.4, 0.5) is 0 Å². The Bertz CT molecular complexity index is 159. The molecule has 1 unspecified atom stereocenters. The second kappa shape index (κ2) is 4.45. The van der Waals surface area contributed by atoms with Gasteiger partial charge < -0.3 is 10.6 Å². The van der Waals surface area contributed by atoms with Crippen molar-refractivity contribution in [2.45, 2.75) is 32.2 Å². The van der Waals surface area contributed by atoms with Crippen molar-refractivity contribution in [3.8, 4) is 0 Å². The van der Waals surface area contributed by atoms with Gasteiger partial charge in [0.2, 0.25) is 5.91 Å². The molecule has 1 rings (SSSR count). The van der Waals surface area contributed by atoms with Gasteiger partial charge >= 0.3 is 0 Å². The van der Waals surface area contributed by atoms with Crippen molar-refractivity contribution >= 4 is 5.91 Å². The summed E-state index contributed by atoms with van der Waals surface area (Å²) < 4.78 is 0. The highest BCUT2D eigenvalue weighted by Crippen LogP contribution is 2.16. The first-order valence-electron chi connectivity index (χ1n) is 4.66. The summed E-state index contributed by atoms with van der Waals surface area (Å²) in [4.78, 5) is 11.0. The number of hydrogen-bond donors (Lipinski definition) is 2. The first kappa shape index (κ1) is 9.52. The zero-order valence-corrected chi connectivity index (χ0v) is 7.89. The number of piperidine rings is 1. The SMILES string of the molecule is CNC(=O)CC1C[C@@H](C)CCN1. The van der Waals surface area contributed by atoms with Crippen LogP contribution >= 0.6 is 0 Å². The largest absolute Gasteiger partial charge is 0.359 e. The van der Waals surface area contributed by atoms with E-state index in [4.69, 9.17) is 0 Å². The molecule has 0 saturated carbocycles. The van der Waals surface area contributed by atoms with Gasteiger partial charge in [-0.3, -0.25) is 4.79 Å². The Labute approximate surface area is 73.9 Å². The van der Waals surface area contributed by atoms with Crippen LogP contribution in [0.15, 0.2) is 0 Å². The summed E-state index contributed by atoms with van der Waals surface area (Å²) >= 11 is 0. The lowest BCUT2D eigenvalue weighted by Gasteiger charge is -2.27. The molecule has 3 heteroatoms. The normalized spacial score (nSPS) is 29.8. The predicted octanol–water partition coefficient (Wildman–Crippen LogP) is 0.511. The molecule has 1 aliphatic rings. The molecule has 0 aromatic carbocycles. The Morgan fingerprint density at radius 3 is 3.00 bits per heavy atom. The fourth-order valence-electron chi connectivity index (χ4n) is 1.70. The lowest BCUT2D eigenvalue weighted by atomic mass is 9.92. The zero-order chi connectivity index (χ0) is 8.97. The molecule has 0 radical (unpaired) electrons. The van der Waals surface area contributed by atoms with Crippen molar-refractivity contribution in [3.63, 3.8) is 0 Å². The molecular weight excluding hydrogens is 152 g/mol. The number of nitrogens with one attached hydrogen (secondary N) is 2. The van der Waals surface area contributed by atoms with E-state index >= 15 is 0 Å². The van der Waals surface area contributed by atoms with Crippen LogP contribution < -0.4 is 10.6 Å². The minimum Gasteiger partial charge on any atom is -0.359 e. The fraction of sp³-hybridized carbons (Fsp3) is 0.889. The Balaban J connectivity index is 2.27. The molecule has 1 fully saturated rings. The molecule has 2 atom stereocenters. The van der Waals surface area contributed by atoms with Crippen LogP contribution in [-0.4, -0.2) is 25.5 Å². The van der Waals surface area contributed by atoms with Gasteiger partial charge in [0.05, 0.1) is 0 Å². The van der Waals surface area contributed by atoms with E-state index in [1.807, 2.05) is 0 Å². The maximum absolute atomic E-state index is 11.0. The van der Waals surface area contributed by atoms with E-state index < -0.39 is 0 Å². The third kappa shape index (κ3) is 2.81. The maximum Gasteiger partial charge on any atom is 0.221 e. The molecule has 1 amide bonds. The minimum atomic E-state index is 0.140. The molecule has 1 aliphatic heterocycles. The standard InChI is InChI=1S/C9H18N2O/c1-7-3-4-11-8(5-7)6-9(12)10-2/h7-8,11H,3-6H2,1-2H3,(H,10,12)/t7-,8?/m0/s1. The summed E-state index contributed by atoms with van der Waals surface area (Å²) in [5, 5.41) is 6.00. The van der Waals surface area contributed by atoms with Crippen molar-refractivity contribution < 1.29 is 4.79 Å². The molecule has 12 heavy (non-hydrogen) atoms. The van der Waals surface area contributed by atoms with E-state index in [1.165, 1.54) is 6.42 Å². The van der Waals surface area contributed by atoms with Gasteiger partial charge in [-0.2, -0.15) is 0 Å². The van der Waals surface area contributed by atoms with Crippen LogP contribution in [-0.2, 0) is 4.79 Å². The van der Waals surface area contributed by atoms with Crippen LogP contribution in [0.3, 0.4) is 0 Å². The van der Waals surface area contributed by atoms with Gasteiger partial charge in [0.25, 0.3) is 0 Å². The van der Waals surface area contributed by atoms with Crippen LogP contribution in [0.2, 0.25) is 0 Å². The smallest absolute Gasteiger partial charge is 0.221 e. The second-order valence-corrected chi connectivity index (χ2v) is 3.66. The maximum atomic E-state index is 11.0. The van der Waals surface area contributed by atoms with Crippen molar-refractivity contribution in [1.29, 1.82) is 0 Å². The van der Waals surface area contributed by atoms with E-state index in [0.717, 1.165) is 18.9 Å². The molecule has 0 bridgehead atoms. The van der Waals surface area contributed by atoms with Crippen LogP contribution in [0, 0.1) is 5.92 Å². The third-order valence-electron chi connectivity index (χ3n) is 2.47. The third-order valence-corrected chi connectivity index (χ3v) is 2.47. The van der Waals surface area contributed by atoms with Gasteiger partial charge in [-0.05, 0) is 25.3 Å². The van der Waals surface area contributed by atoms with Gasteiger partial charge in [0.15, 0.2) is 0 Å². The lowest BCUT2D eigenvalue weighted by Crippen LogP contribution is -2.40. The lowest BCUT2D eigenvalue weighted by molar-refractivity contribution is -0.121. The molecule has 1 saturated heterocycles. The fourth-order valence-corrected chi connectivity index (χ4v) is 1.70. The summed E-state index contributed by atoms with van der Waals surface area (Å²) in [6, 6.07) is 0.397. The molecule has 0 spiro atoms. The van der Waals surface area contributed by atoms with Crippen LogP contribution in [0.25, 0.3) is 0 Å². The highest BCUT2D eigenvalue weighted by molar-refractivity contribution is 5.76. The van der Waals surface area contributed by atoms with E-state index in [1.54, 1.807) is 7.05 Å². The van der Waals surface area contributed by atoms with Crippen LogP contribution in [0.5, 0.6) is 0 Å². The molecular formula is C9H18N2O. The Hall–Kier alpha value is -0.570. The summed E-state index contributed by atoms with van der Waals surface area (Å²) in [5.74, 6) is 0.905. The van der Waals surface area contributed by atoms with Gasteiger partial charge in [0.1, 0.15) is 0 Å². The molecule has 0 aromatic rings. The summed E-state index contributed by atoms with van der Waals surface area (Å²) in [5.41, 5.74) is 0. The number of carbonyl (C=O) groups excluding carboxylic acids is 1. The summed E-state index contributed by atoms with van der Waals surface area (Å²) in [6.45, 7) is 3.31. The van der Waals surface area contributed by atoms with E-state index in [2.05, 4.69) is 17.6 Å². The summed E-state index contributed by atoms with van der Waals surface area (Å²) in [7, 11) is 1.69. The molecule has 2 N–H and O–H groups in total. The van der Waals surface area contributed by atoms with Gasteiger partial charge in [-0.25, -0.2) is 0 Å². The van der Waals surface area contributed by atoms with Crippen molar-refractivity contribution in [1.82, 2.24) is 10.6 Å². The first-order chi connectivity index (χ1) is 5.72. The van der Waals surface area contributed by atoms with Gasteiger partial charge in [-0.1, -0.05) is 6.92 Å². The zero-order valence-electron chi connectivity index (χ0n) is 7.89. The van der Waals surface area contributed by atoms with E-state index in [9.17, 15) is 4.79 Å². The Kier molecular flexibility index (Phi) is 3.53. The molecule has 0 aliphatic carbocycles. The number of rotatable bonds is 2. The van der Waals surface area contributed by atoms with Gasteiger partial charge in [0, 0.05) is 19.5 Å². The quantitative estimate of drug-likeness (QED) is 0.634. The first-order valence-corrected chi connectivity index (χ1v) is 4.66. The summed E-state index contributed by atoms with van der Waals surface area (Å²) in [6.07, 6.45) is 3.00. The van der Waals surface area contributed by atoms with Crippen molar-refractivity contribution in [2.75, 3.05) is 13.6 Å². The monoisotopic (exact) mass is 170 g/mol. The number of amides is 1. The highest BCUT2D eigenvalue weighted by Gasteiger charge is 2.19. The second-order valence-electron chi connectivity index (χ2n) is 3.66. The van der Waals surface area contributed by atoms with E-state index in [0.29, 0.717) is 12.5 Å². The average molecular weight is 170 g/mol. The molecule has 3 nitrogen and oxygen atoms in total. The molecule has 70 valence electrons. The van der Waals surface area contributed by atoms with Crippen molar-refractivity contribution in [3.05, 3.63) is 0 Å². The molecule has 1 heterocycles. The average Bonchev–Trinajstić information content (AvgIpc) is 2.04. The Morgan fingerprint density at radius 2 is 2.42 bits per heavy atom. The topological polar surface area (TPSA) is 41.1 Å². The van der Waals surface area contributed by atoms with Crippen molar-refractivity contribution in [2.24, 2.45) is 5.92 Å². The molecule has 0 aromatic heterocycles. The van der Waals surface area contributed by atoms with E-state index in [-0.39, 0.29) is 5.91 Å². The van der Waals surface area contributed by atoms with Crippen LogP contribution in [0.1, 0.15) is 26.2 Å². The Morgan fingerprint density at radius 1 is 1.67 bits per heavy atom. The number of carbonyl (C=O) groups is 1. The highest BCUT2D eigenvalue weighted by atomic mass is 16.1. The predicted molar refractivity (Wildman–Crippen MR) is 48.9 cm³/mol. The minimum absolute atomic E-state index is 0.140.